The van der Waals surface area contributed by atoms with Crippen LogP contribution in [0.25, 0.3) is 0 Å². The molecule has 0 fully saturated rings. The van der Waals surface area contributed by atoms with E-state index >= 15 is 0 Å². The van der Waals surface area contributed by atoms with Crippen LogP contribution in [0.15, 0.2) is 22.8 Å². The summed E-state index contributed by atoms with van der Waals surface area (Å²) in [6.07, 6.45) is 3.10. The molecule has 3 heterocycles. The number of aliphatic hydroxyl groups is 1. The molecule has 0 unspecified atom stereocenters. The van der Waals surface area contributed by atoms with E-state index in [4.69, 9.17) is 14.5 Å². The Bertz CT molecular complexity index is 767. The van der Waals surface area contributed by atoms with Gasteiger partial charge in [-0.05, 0) is 37.1 Å². The predicted molar refractivity (Wildman–Crippen MR) is 99.8 cm³/mol. The van der Waals surface area contributed by atoms with Crippen LogP contribution in [0.3, 0.4) is 0 Å². The van der Waals surface area contributed by atoms with Crippen LogP contribution in [-0.4, -0.2) is 41.2 Å². The number of aromatic nitrogens is 1. The minimum atomic E-state index is 0.106. The van der Waals surface area contributed by atoms with E-state index in [1.54, 1.807) is 6.26 Å². The summed E-state index contributed by atoms with van der Waals surface area (Å²) in [4.78, 5) is 7.05. The number of furan rings is 1. The first-order valence-corrected chi connectivity index (χ1v) is 9.06. The Morgan fingerprint density at radius 1 is 1.35 bits per heavy atom. The van der Waals surface area contributed by atoms with Crippen LogP contribution >= 0.6 is 0 Å². The van der Waals surface area contributed by atoms with Crippen molar-refractivity contribution in [1.82, 2.24) is 9.88 Å². The molecule has 138 valence electrons. The monoisotopic (exact) mass is 355 g/mol. The zero-order valence-electron chi connectivity index (χ0n) is 15.1. The number of likely N-dealkylation sites (N-methyl/N-ethyl adjacent to an activating group) is 1. The van der Waals surface area contributed by atoms with Gasteiger partial charge in [0.2, 0.25) is 0 Å². The number of aliphatic hydroxyl groups excluding tert-OH is 1. The van der Waals surface area contributed by atoms with E-state index in [1.165, 1.54) is 0 Å². The van der Waals surface area contributed by atoms with Crippen molar-refractivity contribution in [2.24, 2.45) is 0 Å². The maximum atomic E-state index is 9.70. The SMILES string of the molecule is CCN1CCc2c(C#N)c(NCCCO)nc(NCc3ccco3)c2C1. The van der Waals surface area contributed by atoms with E-state index in [0.29, 0.717) is 30.9 Å². The number of anilines is 2. The number of fused-ring (bicyclic) bond motifs is 1. The van der Waals surface area contributed by atoms with E-state index in [0.717, 1.165) is 48.8 Å². The molecule has 0 amide bonds. The second kappa shape index (κ2) is 8.70. The average molecular weight is 355 g/mol. The van der Waals surface area contributed by atoms with Crippen molar-refractivity contribution in [3.05, 3.63) is 40.8 Å². The molecule has 7 heteroatoms. The van der Waals surface area contributed by atoms with Gasteiger partial charge >= 0.3 is 0 Å². The van der Waals surface area contributed by atoms with Gasteiger partial charge < -0.3 is 20.2 Å². The zero-order valence-corrected chi connectivity index (χ0v) is 15.1. The van der Waals surface area contributed by atoms with Crippen molar-refractivity contribution in [2.75, 3.05) is 36.9 Å². The molecular weight excluding hydrogens is 330 g/mol. The summed E-state index contributed by atoms with van der Waals surface area (Å²) in [5, 5.41) is 25.3. The first-order valence-electron chi connectivity index (χ1n) is 9.06. The van der Waals surface area contributed by atoms with Crippen LogP contribution in [0.2, 0.25) is 0 Å². The number of nitrogens with zero attached hydrogens (tertiary/aromatic N) is 3. The Balaban J connectivity index is 1.93. The number of nitrogens with one attached hydrogen (secondary N) is 2. The third-order valence-electron chi connectivity index (χ3n) is 4.67. The molecule has 0 aromatic carbocycles. The summed E-state index contributed by atoms with van der Waals surface area (Å²) in [7, 11) is 0. The van der Waals surface area contributed by atoms with Crippen molar-refractivity contribution in [1.29, 1.82) is 5.26 Å². The van der Waals surface area contributed by atoms with Crippen molar-refractivity contribution in [3.8, 4) is 6.07 Å². The molecule has 26 heavy (non-hydrogen) atoms. The Kier molecular flexibility index (Phi) is 6.10. The Hall–Kier alpha value is -2.56. The third-order valence-corrected chi connectivity index (χ3v) is 4.67. The summed E-state index contributed by atoms with van der Waals surface area (Å²) in [6, 6.07) is 6.11. The van der Waals surface area contributed by atoms with Crippen LogP contribution in [0.5, 0.6) is 0 Å². The molecular formula is C19H25N5O2. The first-order chi connectivity index (χ1) is 12.8. The molecule has 0 bridgehead atoms. The van der Waals surface area contributed by atoms with Crippen LogP contribution in [0, 0.1) is 11.3 Å². The van der Waals surface area contributed by atoms with Gasteiger partial charge in [0.05, 0.1) is 18.4 Å². The molecule has 2 aromatic heterocycles. The molecule has 0 aliphatic carbocycles. The highest BCUT2D eigenvalue weighted by molar-refractivity contribution is 5.66. The summed E-state index contributed by atoms with van der Waals surface area (Å²) in [5.41, 5.74) is 2.78. The maximum Gasteiger partial charge on any atom is 0.146 e. The molecule has 3 N–H and O–H groups in total. The van der Waals surface area contributed by atoms with Crippen molar-refractivity contribution < 1.29 is 9.52 Å². The van der Waals surface area contributed by atoms with Gasteiger partial charge in [-0.3, -0.25) is 4.90 Å². The molecule has 1 aliphatic heterocycles. The van der Waals surface area contributed by atoms with Gasteiger partial charge in [-0.15, -0.1) is 0 Å². The predicted octanol–water partition coefficient (Wildman–Crippen LogP) is 2.33. The fourth-order valence-corrected chi connectivity index (χ4v) is 3.23. The highest BCUT2D eigenvalue weighted by atomic mass is 16.3. The summed E-state index contributed by atoms with van der Waals surface area (Å²) >= 11 is 0. The lowest BCUT2D eigenvalue weighted by molar-refractivity contribution is 0.268. The number of nitriles is 1. The minimum absolute atomic E-state index is 0.106. The van der Waals surface area contributed by atoms with Gasteiger partial charge in [0, 0.05) is 31.8 Å². The van der Waals surface area contributed by atoms with E-state index in [9.17, 15) is 5.26 Å². The van der Waals surface area contributed by atoms with Gasteiger partial charge in [-0.2, -0.15) is 5.26 Å². The van der Waals surface area contributed by atoms with Gasteiger partial charge in [-0.25, -0.2) is 4.98 Å². The molecule has 0 atom stereocenters. The largest absolute Gasteiger partial charge is 0.467 e. The van der Waals surface area contributed by atoms with Crippen LogP contribution < -0.4 is 10.6 Å². The van der Waals surface area contributed by atoms with E-state index < -0.39 is 0 Å². The molecule has 0 saturated heterocycles. The molecule has 7 nitrogen and oxygen atoms in total. The molecule has 3 rings (SSSR count). The zero-order chi connectivity index (χ0) is 18.4. The van der Waals surface area contributed by atoms with Crippen molar-refractivity contribution >= 4 is 11.6 Å². The highest BCUT2D eigenvalue weighted by Crippen LogP contribution is 2.32. The fraction of sp³-hybridized carbons (Fsp3) is 0.474. The number of hydrogen-bond acceptors (Lipinski definition) is 7. The summed E-state index contributed by atoms with van der Waals surface area (Å²) in [5.74, 6) is 2.22. The normalized spacial score (nSPS) is 13.9. The maximum absolute atomic E-state index is 9.70. The molecule has 0 saturated carbocycles. The number of hydrogen-bond donors (Lipinski definition) is 3. The summed E-state index contributed by atoms with van der Waals surface area (Å²) < 4.78 is 5.40. The number of pyridine rings is 1. The van der Waals surface area contributed by atoms with Gasteiger partial charge in [0.1, 0.15) is 23.5 Å². The van der Waals surface area contributed by atoms with Gasteiger partial charge in [0.25, 0.3) is 0 Å². The van der Waals surface area contributed by atoms with Crippen molar-refractivity contribution in [3.63, 3.8) is 0 Å². The lowest BCUT2D eigenvalue weighted by Gasteiger charge is -2.30. The van der Waals surface area contributed by atoms with Crippen LogP contribution in [-0.2, 0) is 19.5 Å². The smallest absolute Gasteiger partial charge is 0.146 e. The minimum Gasteiger partial charge on any atom is -0.467 e. The third kappa shape index (κ3) is 3.98. The second-order valence-electron chi connectivity index (χ2n) is 6.31. The van der Waals surface area contributed by atoms with Crippen LogP contribution in [0.1, 0.15) is 35.8 Å². The second-order valence-corrected chi connectivity index (χ2v) is 6.31. The molecule has 1 aliphatic rings. The summed E-state index contributed by atoms with van der Waals surface area (Å²) in [6.45, 7) is 6.06. The first kappa shape index (κ1) is 18.2. The van der Waals surface area contributed by atoms with E-state index in [-0.39, 0.29) is 6.61 Å². The highest BCUT2D eigenvalue weighted by Gasteiger charge is 2.25. The molecule has 2 aromatic rings. The molecule has 0 spiro atoms. The average Bonchev–Trinajstić information content (AvgIpc) is 3.19. The Morgan fingerprint density at radius 3 is 2.92 bits per heavy atom. The van der Waals surface area contributed by atoms with Crippen LogP contribution in [0.4, 0.5) is 11.6 Å². The van der Waals surface area contributed by atoms with Gasteiger partial charge in [0.15, 0.2) is 0 Å². The van der Waals surface area contributed by atoms with E-state index in [2.05, 4.69) is 28.5 Å². The quantitative estimate of drug-likeness (QED) is 0.625. The Labute approximate surface area is 153 Å². The Morgan fingerprint density at radius 2 is 2.23 bits per heavy atom. The fourth-order valence-electron chi connectivity index (χ4n) is 3.23. The van der Waals surface area contributed by atoms with Gasteiger partial charge in [-0.1, -0.05) is 6.92 Å². The van der Waals surface area contributed by atoms with E-state index in [1.807, 2.05) is 12.1 Å². The topological polar surface area (TPSA) is 97.4 Å². The lowest BCUT2D eigenvalue weighted by atomic mass is 9.95. The molecule has 0 radical (unpaired) electrons. The van der Waals surface area contributed by atoms with Crippen molar-refractivity contribution in [2.45, 2.75) is 32.9 Å². The lowest BCUT2D eigenvalue weighted by Crippen LogP contribution is -2.32. The standard InChI is InChI=1S/C19H25N5O2/c1-2-24-8-6-15-16(11-20)18(21-7-4-9-25)23-19(17(15)13-24)22-12-14-5-3-10-26-14/h3,5,10,25H,2,4,6-9,12-13H2,1H3,(H2,21,22,23). The number of rotatable bonds is 8.